The lowest BCUT2D eigenvalue weighted by atomic mass is 9.91. The molecule has 1 atom stereocenters. The minimum atomic E-state index is -0.111. The number of aryl methyl sites for hydroxylation is 1. The zero-order valence-corrected chi connectivity index (χ0v) is 15.8. The number of carbonyl (C=O) groups is 1. The molecule has 2 aliphatic rings. The summed E-state index contributed by atoms with van der Waals surface area (Å²) in [5.74, 6) is -0.111. The maximum Gasteiger partial charge on any atom is 0.273 e. The van der Waals surface area contributed by atoms with Crippen LogP contribution >= 0.6 is 0 Å². The van der Waals surface area contributed by atoms with Gasteiger partial charge in [-0.05, 0) is 57.6 Å². The Kier molecular flexibility index (Phi) is 5.81. The van der Waals surface area contributed by atoms with E-state index < -0.39 is 0 Å². The fraction of sp³-hybridized carbons (Fsp3) is 0.684. The van der Waals surface area contributed by atoms with Gasteiger partial charge in [-0.25, -0.2) is 0 Å². The predicted molar refractivity (Wildman–Crippen MR) is 101 cm³/mol. The SMILES string of the molecule is O=C(NC1CCC(n2cccn2)CC1)c1cn(CCC2CCCCN2)nn1. The first-order chi connectivity index (χ1) is 13.3. The molecule has 0 radical (unpaired) electrons. The van der Waals surface area contributed by atoms with Gasteiger partial charge in [-0.15, -0.1) is 5.10 Å². The number of hydrogen-bond acceptors (Lipinski definition) is 5. The maximum atomic E-state index is 12.5. The van der Waals surface area contributed by atoms with Gasteiger partial charge in [-0.1, -0.05) is 11.6 Å². The van der Waals surface area contributed by atoms with E-state index in [0.717, 1.165) is 45.2 Å². The van der Waals surface area contributed by atoms with E-state index in [-0.39, 0.29) is 11.9 Å². The highest BCUT2D eigenvalue weighted by atomic mass is 16.2. The first-order valence-electron chi connectivity index (χ1n) is 10.2. The lowest BCUT2D eigenvalue weighted by Crippen LogP contribution is -2.38. The van der Waals surface area contributed by atoms with Crippen LogP contribution < -0.4 is 10.6 Å². The van der Waals surface area contributed by atoms with E-state index in [1.165, 1.54) is 19.3 Å². The van der Waals surface area contributed by atoms with Crippen molar-refractivity contribution in [3.8, 4) is 0 Å². The average Bonchev–Trinajstić information content (AvgIpc) is 3.40. The van der Waals surface area contributed by atoms with Crippen LogP contribution in [-0.2, 0) is 6.54 Å². The lowest BCUT2D eigenvalue weighted by molar-refractivity contribution is 0.0916. The largest absolute Gasteiger partial charge is 0.348 e. The normalized spacial score (nSPS) is 26.0. The first kappa shape index (κ1) is 18.2. The van der Waals surface area contributed by atoms with Gasteiger partial charge >= 0.3 is 0 Å². The van der Waals surface area contributed by atoms with Crippen LogP contribution in [0.5, 0.6) is 0 Å². The highest BCUT2D eigenvalue weighted by Crippen LogP contribution is 2.27. The van der Waals surface area contributed by atoms with E-state index in [2.05, 4.69) is 26.0 Å². The second kappa shape index (κ2) is 8.65. The van der Waals surface area contributed by atoms with Crippen molar-refractivity contribution in [1.29, 1.82) is 0 Å². The highest BCUT2D eigenvalue weighted by Gasteiger charge is 2.24. The minimum absolute atomic E-state index is 0.111. The number of rotatable bonds is 6. The van der Waals surface area contributed by atoms with Gasteiger partial charge in [0.15, 0.2) is 5.69 Å². The third-order valence-corrected chi connectivity index (χ3v) is 5.82. The quantitative estimate of drug-likeness (QED) is 0.810. The summed E-state index contributed by atoms with van der Waals surface area (Å²) in [5, 5.41) is 19.2. The van der Waals surface area contributed by atoms with Crippen molar-refractivity contribution in [2.45, 2.75) is 76.0 Å². The van der Waals surface area contributed by atoms with Gasteiger partial charge in [0, 0.05) is 31.0 Å². The summed E-state index contributed by atoms with van der Waals surface area (Å²) in [4.78, 5) is 12.5. The molecule has 3 heterocycles. The van der Waals surface area contributed by atoms with Crippen molar-refractivity contribution in [3.63, 3.8) is 0 Å². The van der Waals surface area contributed by atoms with Gasteiger partial charge in [0.25, 0.3) is 5.91 Å². The van der Waals surface area contributed by atoms with Crippen LogP contribution in [0.25, 0.3) is 0 Å². The summed E-state index contributed by atoms with van der Waals surface area (Å²) in [6.45, 7) is 1.91. The highest BCUT2D eigenvalue weighted by molar-refractivity contribution is 5.92. The van der Waals surface area contributed by atoms with E-state index in [1.807, 2.05) is 23.1 Å². The number of nitrogens with zero attached hydrogens (tertiary/aromatic N) is 5. The van der Waals surface area contributed by atoms with Crippen molar-refractivity contribution in [3.05, 3.63) is 30.4 Å². The number of amides is 1. The van der Waals surface area contributed by atoms with Crippen LogP contribution in [0.15, 0.2) is 24.7 Å². The lowest BCUT2D eigenvalue weighted by Gasteiger charge is -2.29. The monoisotopic (exact) mass is 371 g/mol. The van der Waals surface area contributed by atoms with Crippen LogP contribution in [0.4, 0.5) is 0 Å². The van der Waals surface area contributed by atoms with Crippen LogP contribution in [0.3, 0.4) is 0 Å². The zero-order valence-electron chi connectivity index (χ0n) is 15.8. The molecule has 2 aromatic rings. The fourth-order valence-corrected chi connectivity index (χ4v) is 4.21. The molecule has 1 aliphatic heterocycles. The summed E-state index contributed by atoms with van der Waals surface area (Å²) in [6, 6.07) is 3.18. The van der Waals surface area contributed by atoms with Crippen molar-refractivity contribution >= 4 is 5.91 Å². The van der Waals surface area contributed by atoms with E-state index in [1.54, 1.807) is 10.9 Å². The molecule has 1 aliphatic carbocycles. The number of piperidine rings is 1. The minimum Gasteiger partial charge on any atom is -0.348 e. The van der Waals surface area contributed by atoms with E-state index >= 15 is 0 Å². The Morgan fingerprint density at radius 1 is 1.22 bits per heavy atom. The smallest absolute Gasteiger partial charge is 0.273 e. The van der Waals surface area contributed by atoms with E-state index in [0.29, 0.717) is 17.8 Å². The molecule has 1 amide bonds. The molecule has 1 saturated heterocycles. The second-order valence-corrected chi connectivity index (χ2v) is 7.77. The zero-order chi connectivity index (χ0) is 18.5. The Hall–Kier alpha value is -2.22. The third-order valence-electron chi connectivity index (χ3n) is 5.82. The molecular formula is C19H29N7O. The Labute approximate surface area is 159 Å². The standard InChI is InChI=1S/C19H29N7O/c27-19(22-16-5-7-17(8-6-16)26-12-3-11-21-26)18-14-25(24-23-18)13-9-15-4-1-2-10-20-15/h3,11-12,14-17,20H,1-2,4-10,13H2,(H,22,27). The van der Waals surface area contributed by atoms with Gasteiger partial charge in [-0.3, -0.25) is 14.2 Å². The van der Waals surface area contributed by atoms with Gasteiger partial charge < -0.3 is 10.6 Å². The summed E-state index contributed by atoms with van der Waals surface area (Å²) < 4.78 is 3.82. The molecule has 0 spiro atoms. The molecule has 2 fully saturated rings. The third kappa shape index (κ3) is 4.74. The molecule has 2 N–H and O–H groups in total. The molecular weight excluding hydrogens is 342 g/mol. The number of nitrogens with one attached hydrogen (secondary N) is 2. The summed E-state index contributed by atoms with van der Waals surface area (Å²) in [7, 11) is 0. The van der Waals surface area contributed by atoms with Gasteiger partial charge in [0.2, 0.25) is 0 Å². The summed E-state index contributed by atoms with van der Waals surface area (Å²) in [6.07, 6.45) is 14.4. The first-order valence-corrected chi connectivity index (χ1v) is 10.2. The van der Waals surface area contributed by atoms with Crippen LogP contribution in [0.2, 0.25) is 0 Å². The molecule has 2 aromatic heterocycles. The predicted octanol–water partition coefficient (Wildman–Crippen LogP) is 1.92. The van der Waals surface area contributed by atoms with Crippen molar-refractivity contribution in [1.82, 2.24) is 35.4 Å². The molecule has 146 valence electrons. The van der Waals surface area contributed by atoms with Crippen LogP contribution in [-0.4, -0.2) is 49.3 Å². The maximum absolute atomic E-state index is 12.5. The molecule has 4 rings (SSSR count). The van der Waals surface area contributed by atoms with Gasteiger partial charge in [-0.2, -0.15) is 5.10 Å². The summed E-state index contributed by atoms with van der Waals surface area (Å²) >= 11 is 0. The van der Waals surface area contributed by atoms with Gasteiger partial charge in [0.1, 0.15) is 0 Å². The Balaban J connectivity index is 1.22. The van der Waals surface area contributed by atoms with E-state index in [4.69, 9.17) is 0 Å². The Bertz CT molecular complexity index is 712. The van der Waals surface area contributed by atoms with Crippen molar-refractivity contribution < 1.29 is 4.79 Å². The molecule has 0 bridgehead atoms. The molecule has 1 saturated carbocycles. The topological polar surface area (TPSA) is 89.7 Å². The van der Waals surface area contributed by atoms with Crippen LogP contribution in [0.1, 0.15) is 67.9 Å². The number of aromatic nitrogens is 5. The van der Waals surface area contributed by atoms with Crippen molar-refractivity contribution in [2.24, 2.45) is 0 Å². The number of hydrogen-bond donors (Lipinski definition) is 2. The fourth-order valence-electron chi connectivity index (χ4n) is 4.21. The van der Waals surface area contributed by atoms with Gasteiger partial charge in [0.05, 0.1) is 12.2 Å². The summed E-state index contributed by atoms with van der Waals surface area (Å²) in [5.41, 5.74) is 0.417. The van der Waals surface area contributed by atoms with Crippen molar-refractivity contribution in [2.75, 3.05) is 6.54 Å². The molecule has 0 aromatic carbocycles. The molecule has 27 heavy (non-hydrogen) atoms. The Morgan fingerprint density at radius 3 is 2.85 bits per heavy atom. The second-order valence-electron chi connectivity index (χ2n) is 7.77. The Morgan fingerprint density at radius 2 is 2.11 bits per heavy atom. The molecule has 8 heteroatoms. The average molecular weight is 371 g/mol. The molecule has 8 nitrogen and oxygen atoms in total. The van der Waals surface area contributed by atoms with E-state index in [9.17, 15) is 4.79 Å². The van der Waals surface area contributed by atoms with Crippen LogP contribution in [0, 0.1) is 0 Å². The number of carbonyl (C=O) groups excluding carboxylic acids is 1. The molecule has 1 unspecified atom stereocenters.